The van der Waals surface area contributed by atoms with E-state index in [0.29, 0.717) is 11.0 Å². The molecule has 5 heteroatoms. The molecule has 0 aliphatic carbocycles. The number of hydrogen-bond acceptors (Lipinski definition) is 2. The Bertz CT molecular complexity index is 544. The van der Waals surface area contributed by atoms with E-state index in [1.807, 2.05) is 23.9 Å². The van der Waals surface area contributed by atoms with Crippen LogP contribution in [0.4, 0.5) is 0 Å². The van der Waals surface area contributed by atoms with Crippen LogP contribution in [0.2, 0.25) is 0 Å². The maximum Gasteiger partial charge on any atom is 0.264 e. The quantitative estimate of drug-likeness (QED) is 0.857. The summed E-state index contributed by atoms with van der Waals surface area (Å²) in [6, 6.07) is 5.57. The summed E-state index contributed by atoms with van der Waals surface area (Å²) < 4.78 is 4.11. The molecular formula is C11H12BrN3O. The molecule has 2 rings (SSSR count). The van der Waals surface area contributed by atoms with Crippen LogP contribution in [0.1, 0.15) is 5.69 Å². The van der Waals surface area contributed by atoms with Gasteiger partial charge in [0.15, 0.2) is 0 Å². The van der Waals surface area contributed by atoms with E-state index < -0.39 is 0 Å². The molecule has 0 aliphatic rings. The van der Waals surface area contributed by atoms with Gasteiger partial charge in [0.2, 0.25) is 0 Å². The van der Waals surface area contributed by atoms with Gasteiger partial charge >= 0.3 is 0 Å². The maximum absolute atomic E-state index is 11.7. The minimum absolute atomic E-state index is 0.00432. The Morgan fingerprint density at radius 1 is 1.44 bits per heavy atom. The summed E-state index contributed by atoms with van der Waals surface area (Å²) in [5.74, 6) is 0. The highest BCUT2D eigenvalue weighted by Crippen LogP contribution is 2.03. The lowest BCUT2D eigenvalue weighted by atomic mass is 10.3. The van der Waals surface area contributed by atoms with Crippen molar-refractivity contribution < 1.29 is 0 Å². The molecule has 2 aromatic rings. The second kappa shape index (κ2) is 4.65. The zero-order chi connectivity index (χ0) is 11.5. The topological polar surface area (TPSA) is 39.8 Å². The molecule has 0 N–H and O–H groups in total. The minimum Gasteiger partial charge on any atom is -0.314 e. The Kier molecular flexibility index (Phi) is 3.24. The van der Waals surface area contributed by atoms with Gasteiger partial charge in [-0.25, -0.2) is 0 Å². The van der Waals surface area contributed by atoms with Crippen molar-refractivity contribution in [2.75, 3.05) is 0 Å². The van der Waals surface area contributed by atoms with E-state index in [2.05, 4.69) is 21.0 Å². The van der Waals surface area contributed by atoms with E-state index in [-0.39, 0.29) is 5.56 Å². The molecule has 2 heterocycles. The summed E-state index contributed by atoms with van der Waals surface area (Å²) in [5, 5.41) is 4.09. The summed E-state index contributed by atoms with van der Waals surface area (Å²) in [4.78, 5) is 11.7. The summed E-state index contributed by atoms with van der Waals surface area (Å²) in [6.45, 7) is 0.664. The van der Waals surface area contributed by atoms with E-state index in [4.69, 9.17) is 0 Å². The largest absolute Gasteiger partial charge is 0.314 e. The van der Waals surface area contributed by atoms with E-state index in [1.165, 1.54) is 0 Å². The summed E-state index contributed by atoms with van der Waals surface area (Å²) in [5.41, 5.74) is 1.12. The number of halogens is 1. The lowest BCUT2D eigenvalue weighted by molar-refractivity contribution is 0.621. The predicted molar refractivity (Wildman–Crippen MR) is 65.3 cm³/mol. The molecule has 16 heavy (non-hydrogen) atoms. The molecule has 0 radical (unpaired) electrons. The predicted octanol–water partition coefficient (Wildman–Crippen LogP) is 1.59. The molecule has 0 aliphatic heterocycles. The average molecular weight is 282 g/mol. The van der Waals surface area contributed by atoms with Crippen molar-refractivity contribution in [1.29, 1.82) is 0 Å². The Morgan fingerprint density at radius 2 is 2.25 bits per heavy atom. The molecule has 0 unspecified atom stereocenters. The average Bonchev–Trinajstić information content (AvgIpc) is 2.67. The second-order valence-corrected chi connectivity index (χ2v) is 4.41. The summed E-state index contributed by atoms with van der Waals surface area (Å²) >= 11 is 3.23. The number of pyridine rings is 1. The molecule has 0 bridgehead atoms. The fourth-order valence-corrected chi connectivity index (χ4v) is 1.95. The van der Waals surface area contributed by atoms with Crippen molar-refractivity contribution in [1.82, 2.24) is 14.3 Å². The monoisotopic (exact) mass is 281 g/mol. The standard InChI is InChI=1S/C11H12BrN3O/c1-14-9(4-6-13-14)5-8-15-7-2-3-10(12)11(15)16/h2-4,6-7H,5,8H2,1H3. The van der Waals surface area contributed by atoms with Crippen molar-refractivity contribution in [3.05, 3.63) is 51.1 Å². The smallest absolute Gasteiger partial charge is 0.264 e. The zero-order valence-corrected chi connectivity index (χ0v) is 10.5. The fraction of sp³-hybridized carbons (Fsp3) is 0.273. The van der Waals surface area contributed by atoms with Gasteiger partial charge in [-0.15, -0.1) is 0 Å². The van der Waals surface area contributed by atoms with Gasteiger partial charge in [-0.1, -0.05) is 0 Å². The van der Waals surface area contributed by atoms with Gasteiger partial charge in [0.05, 0.1) is 4.47 Å². The van der Waals surface area contributed by atoms with Crippen LogP contribution in [0.25, 0.3) is 0 Å². The van der Waals surface area contributed by atoms with Crippen molar-refractivity contribution in [3.63, 3.8) is 0 Å². The maximum atomic E-state index is 11.7. The Hall–Kier alpha value is -1.36. The van der Waals surface area contributed by atoms with Gasteiger partial charge in [0.1, 0.15) is 0 Å². The molecule has 0 aromatic carbocycles. The van der Waals surface area contributed by atoms with Gasteiger partial charge in [0, 0.05) is 38.1 Å². The molecule has 2 aromatic heterocycles. The molecular weight excluding hydrogens is 270 g/mol. The molecule has 0 saturated carbocycles. The number of aromatic nitrogens is 3. The first kappa shape index (κ1) is 11.1. The van der Waals surface area contributed by atoms with Crippen LogP contribution in [0.15, 0.2) is 39.9 Å². The Morgan fingerprint density at radius 3 is 2.94 bits per heavy atom. The first-order valence-corrected chi connectivity index (χ1v) is 5.79. The van der Waals surface area contributed by atoms with Crippen LogP contribution in [0.3, 0.4) is 0 Å². The van der Waals surface area contributed by atoms with Crippen LogP contribution in [-0.4, -0.2) is 14.3 Å². The first-order chi connectivity index (χ1) is 7.68. The van der Waals surface area contributed by atoms with Gasteiger partial charge in [0.25, 0.3) is 5.56 Å². The highest BCUT2D eigenvalue weighted by Gasteiger charge is 2.02. The number of aryl methyl sites for hydroxylation is 3. The van der Waals surface area contributed by atoms with Gasteiger partial charge in [-0.3, -0.25) is 9.48 Å². The summed E-state index contributed by atoms with van der Waals surface area (Å²) in [6.07, 6.45) is 4.36. The van der Waals surface area contributed by atoms with Crippen molar-refractivity contribution >= 4 is 15.9 Å². The summed E-state index contributed by atoms with van der Waals surface area (Å²) in [7, 11) is 1.90. The van der Waals surface area contributed by atoms with Crippen molar-refractivity contribution in [2.45, 2.75) is 13.0 Å². The van der Waals surface area contributed by atoms with Crippen LogP contribution in [-0.2, 0) is 20.0 Å². The molecule has 0 atom stereocenters. The molecule has 4 nitrogen and oxygen atoms in total. The van der Waals surface area contributed by atoms with E-state index in [0.717, 1.165) is 12.1 Å². The van der Waals surface area contributed by atoms with Crippen LogP contribution in [0, 0.1) is 0 Å². The van der Waals surface area contributed by atoms with E-state index in [1.54, 1.807) is 23.0 Å². The van der Waals surface area contributed by atoms with Gasteiger partial charge in [-0.05, 0) is 34.1 Å². The third-order valence-electron chi connectivity index (χ3n) is 2.51. The third-order valence-corrected chi connectivity index (χ3v) is 3.11. The number of hydrogen-bond donors (Lipinski definition) is 0. The first-order valence-electron chi connectivity index (χ1n) is 5.00. The van der Waals surface area contributed by atoms with Crippen molar-refractivity contribution in [2.24, 2.45) is 7.05 Å². The Labute approximate surface area is 102 Å². The molecule has 84 valence electrons. The number of rotatable bonds is 3. The SMILES string of the molecule is Cn1nccc1CCn1cccc(Br)c1=O. The minimum atomic E-state index is 0.00432. The van der Waals surface area contributed by atoms with Gasteiger partial charge < -0.3 is 4.57 Å². The zero-order valence-electron chi connectivity index (χ0n) is 8.93. The normalized spacial score (nSPS) is 10.6. The highest BCUT2D eigenvalue weighted by molar-refractivity contribution is 9.10. The van der Waals surface area contributed by atoms with Gasteiger partial charge in [-0.2, -0.15) is 5.10 Å². The molecule has 0 spiro atoms. The number of nitrogens with zero attached hydrogens (tertiary/aromatic N) is 3. The fourth-order valence-electron chi connectivity index (χ4n) is 1.57. The van der Waals surface area contributed by atoms with Crippen molar-refractivity contribution in [3.8, 4) is 0 Å². The molecule has 0 fully saturated rings. The Balaban J connectivity index is 2.14. The van der Waals surface area contributed by atoms with E-state index >= 15 is 0 Å². The third kappa shape index (κ3) is 2.24. The lowest BCUT2D eigenvalue weighted by Gasteiger charge is -2.06. The second-order valence-electron chi connectivity index (χ2n) is 3.55. The van der Waals surface area contributed by atoms with E-state index in [9.17, 15) is 4.79 Å². The molecule has 0 amide bonds. The highest BCUT2D eigenvalue weighted by atomic mass is 79.9. The molecule has 0 saturated heterocycles. The van der Waals surface area contributed by atoms with Crippen LogP contribution in [0.5, 0.6) is 0 Å². The van der Waals surface area contributed by atoms with Crippen LogP contribution < -0.4 is 5.56 Å². The lowest BCUT2D eigenvalue weighted by Crippen LogP contribution is -2.21. The van der Waals surface area contributed by atoms with Crippen LogP contribution >= 0.6 is 15.9 Å².